The van der Waals surface area contributed by atoms with Gasteiger partial charge in [0.05, 0.1) is 18.8 Å². The quantitative estimate of drug-likeness (QED) is 0.822. The summed E-state index contributed by atoms with van der Waals surface area (Å²) in [5, 5.41) is 12.3. The first-order valence-corrected chi connectivity index (χ1v) is 9.76. The van der Waals surface area contributed by atoms with Crippen LogP contribution in [0.4, 0.5) is 0 Å². The molecule has 0 spiro atoms. The zero-order chi connectivity index (χ0) is 18.6. The van der Waals surface area contributed by atoms with Crippen LogP contribution in [-0.4, -0.2) is 42.9 Å². The standard InChI is InChI=1S/C22H28ClNO2/c1-3-17-4-8-19(9-5-17)22(2,25)21(16-24-12-14-26-15-13-24)18-6-10-20(23)11-7-18/h4-11,21,25H,3,12-16H2,1-2H3/t21-,22+/m0/s1. The summed E-state index contributed by atoms with van der Waals surface area (Å²) in [4.78, 5) is 2.37. The number of rotatable bonds is 6. The number of nitrogens with zero attached hydrogens (tertiary/aromatic N) is 1. The van der Waals surface area contributed by atoms with Gasteiger partial charge in [-0.15, -0.1) is 0 Å². The molecular formula is C22H28ClNO2. The van der Waals surface area contributed by atoms with Crippen LogP contribution < -0.4 is 0 Å². The number of hydrogen-bond acceptors (Lipinski definition) is 3. The van der Waals surface area contributed by atoms with Crippen LogP contribution in [0.2, 0.25) is 5.02 Å². The van der Waals surface area contributed by atoms with Crippen molar-refractivity contribution in [2.24, 2.45) is 0 Å². The summed E-state index contributed by atoms with van der Waals surface area (Å²) >= 11 is 6.08. The molecule has 2 atom stereocenters. The highest BCUT2D eigenvalue weighted by Crippen LogP contribution is 2.38. The molecule has 1 aliphatic heterocycles. The molecule has 2 aromatic rings. The highest BCUT2D eigenvalue weighted by molar-refractivity contribution is 6.30. The van der Waals surface area contributed by atoms with Crippen molar-refractivity contribution >= 4 is 11.6 Å². The summed E-state index contributed by atoms with van der Waals surface area (Å²) in [7, 11) is 0. The number of halogens is 1. The Kier molecular flexibility index (Phi) is 6.36. The maximum absolute atomic E-state index is 11.6. The Balaban J connectivity index is 1.92. The zero-order valence-electron chi connectivity index (χ0n) is 15.6. The van der Waals surface area contributed by atoms with E-state index in [-0.39, 0.29) is 5.92 Å². The second-order valence-corrected chi connectivity index (χ2v) is 7.65. The van der Waals surface area contributed by atoms with Crippen LogP contribution >= 0.6 is 11.6 Å². The van der Waals surface area contributed by atoms with Gasteiger partial charge < -0.3 is 9.84 Å². The van der Waals surface area contributed by atoms with Crippen molar-refractivity contribution in [1.29, 1.82) is 0 Å². The van der Waals surface area contributed by atoms with E-state index in [4.69, 9.17) is 16.3 Å². The third-order valence-corrected chi connectivity index (χ3v) is 5.69. The fourth-order valence-corrected chi connectivity index (χ4v) is 3.75. The number of hydrogen-bond donors (Lipinski definition) is 1. The van der Waals surface area contributed by atoms with Crippen LogP contribution in [0.1, 0.15) is 36.5 Å². The average molecular weight is 374 g/mol. The van der Waals surface area contributed by atoms with Crippen molar-refractivity contribution in [2.45, 2.75) is 31.8 Å². The van der Waals surface area contributed by atoms with E-state index in [0.717, 1.165) is 50.4 Å². The summed E-state index contributed by atoms with van der Waals surface area (Å²) in [5.41, 5.74) is 2.35. The van der Waals surface area contributed by atoms with Crippen LogP contribution in [0.25, 0.3) is 0 Å². The lowest BCUT2D eigenvalue weighted by atomic mass is 9.78. The SMILES string of the molecule is CCc1ccc([C@@](C)(O)[C@@H](CN2CCOCC2)c2ccc(Cl)cc2)cc1. The molecule has 3 rings (SSSR count). The molecule has 140 valence electrons. The number of ether oxygens (including phenoxy) is 1. The molecular weight excluding hydrogens is 346 g/mol. The molecule has 1 N–H and O–H groups in total. The highest BCUT2D eigenvalue weighted by Gasteiger charge is 2.36. The predicted octanol–water partition coefficient (Wildman–Crippen LogP) is 4.23. The Morgan fingerprint density at radius 2 is 1.69 bits per heavy atom. The van der Waals surface area contributed by atoms with E-state index in [1.165, 1.54) is 5.56 Å². The molecule has 1 fully saturated rings. The van der Waals surface area contributed by atoms with Crippen LogP contribution in [0.5, 0.6) is 0 Å². The molecule has 0 radical (unpaired) electrons. The van der Waals surface area contributed by atoms with Gasteiger partial charge >= 0.3 is 0 Å². The van der Waals surface area contributed by atoms with Gasteiger partial charge in [-0.05, 0) is 42.2 Å². The minimum Gasteiger partial charge on any atom is -0.385 e. The lowest BCUT2D eigenvalue weighted by Gasteiger charge is -2.38. The third kappa shape index (κ3) is 4.47. The fraction of sp³-hybridized carbons (Fsp3) is 0.455. The van der Waals surface area contributed by atoms with Crippen molar-refractivity contribution in [3.63, 3.8) is 0 Å². The minimum absolute atomic E-state index is 0.0506. The topological polar surface area (TPSA) is 32.7 Å². The van der Waals surface area contributed by atoms with Crippen molar-refractivity contribution in [3.05, 3.63) is 70.2 Å². The normalized spacial score (nSPS) is 19.1. The number of aryl methyl sites for hydroxylation is 1. The highest BCUT2D eigenvalue weighted by atomic mass is 35.5. The Labute approximate surface area is 161 Å². The molecule has 26 heavy (non-hydrogen) atoms. The molecule has 3 nitrogen and oxygen atoms in total. The van der Waals surface area contributed by atoms with Crippen LogP contribution in [0, 0.1) is 0 Å². The van der Waals surface area contributed by atoms with Gasteiger partial charge in [0, 0.05) is 30.6 Å². The maximum atomic E-state index is 11.6. The summed E-state index contributed by atoms with van der Waals surface area (Å²) in [6, 6.07) is 16.2. The molecule has 1 saturated heterocycles. The minimum atomic E-state index is -0.974. The van der Waals surface area contributed by atoms with Crippen molar-refractivity contribution < 1.29 is 9.84 Å². The third-order valence-electron chi connectivity index (χ3n) is 5.44. The Morgan fingerprint density at radius 1 is 1.08 bits per heavy atom. The van der Waals surface area contributed by atoms with E-state index in [2.05, 4.69) is 36.1 Å². The molecule has 2 aromatic carbocycles. The van der Waals surface area contributed by atoms with Crippen molar-refractivity contribution in [1.82, 2.24) is 4.90 Å². The molecule has 1 aliphatic rings. The number of benzene rings is 2. The fourth-order valence-electron chi connectivity index (χ4n) is 3.62. The molecule has 0 aromatic heterocycles. The first-order valence-electron chi connectivity index (χ1n) is 9.38. The van der Waals surface area contributed by atoms with Crippen molar-refractivity contribution in [3.8, 4) is 0 Å². The number of morpholine rings is 1. The van der Waals surface area contributed by atoms with Gasteiger partial charge in [0.15, 0.2) is 0 Å². The Bertz CT molecular complexity index is 691. The second kappa shape index (κ2) is 8.53. The van der Waals surface area contributed by atoms with Gasteiger partial charge in [0.1, 0.15) is 0 Å². The van der Waals surface area contributed by atoms with E-state index in [1.807, 2.05) is 31.2 Å². The lowest BCUT2D eigenvalue weighted by molar-refractivity contribution is -0.0107. The smallest absolute Gasteiger partial charge is 0.0949 e. The summed E-state index contributed by atoms with van der Waals surface area (Å²) in [6.45, 7) is 8.15. The molecule has 0 bridgehead atoms. The summed E-state index contributed by atoms with van der Waals surface area (Å²) in [6.07, 6.45) is 0.997. The molecule has 1 heterocycles. The van der Waals surface area contributed by atoms with Gasteiger partial charge in [-0.3, -0.25) is 4.90 Å². The molecule has 0 aliphatic carbocycles. The first kappa shape index (κ1) is 19.4. The van der Waals surface area contributed by atoms with E-state index >= 15 is 0 Å². The molecule has 0 amide bonds. The van der Waals surface area contributed by atoms with Crippen LogP contribution in [0.3, 0.4) is 0 Å². The largest absolute Gasteiger partial charge is 0.385 e. The Hall–Kier alpha value is -1.39. The molecule has 0 unspecified atom stereocenters. The van der Waals surface area contributed by atoms with E-state index in [1.54, 1.807) is 0 Å². The molecule has 4 heteroatoms. The van der Waals surface area contributed by atoms with Crippen LogP contribution in [-0.2, 0) is 16.8 Å². The monoisotopic (exact) mass is 373 g/mol. The second-order valence-electron chi connectivity index (χ2n) is 7.22. The summed E-state index contributed by atoms with van der Waals surface area (Å²) in [5.74, 6) is -0.0506. The number of aliphatic hydroxyl groups is 1. The molecule has 0 saturated carbocycles. The van der Waals surface area contributed by atoms with Crippen LogP contribution in [0.15, 0.2) is 48.5 Å². The lowest BCUT2D eigenvalue weighted by Crippen LogP contribution is -2.43. The van der Waals surface area contributed by atoms with Gasteiger partial charge in [0.25, 0.3) is 0 Å². The van der Waals surface area contributed by atoms with E-state index in [0.29, 0.717) is 5.02 Å². The summed E-state index contributed by atoms with van der Waals surface area (Å²) < 4.78 is 5.48. The van der Waals surface area contributed by atoms with Gasteiger partial charge in [-0.25, -0.2) is 0 Å². The average Bonchev–Trinajstić information content (AvgIpc) is 2.68. The predicted molar refractivity (Wildman–Crippen MR) is 107 cm³/mol. The Morgan fingerprint density at radius 3 is 2.27 bits per heavy atom. The zero-order valence-corrected chi connectivity index (χ0v) is 16.4. The van der Waals surface area contributed by atoms with Gasteiger partial charge in [-0.1, -0.05) is 54.9 Å². The van der Waals surface area contributed by atoms with E-state index in [9.17, 15) is 5.11 Å². The van der Waals surface area contributed by atoms with Gasteiger partial charge in [-0.2, -0.15) is 0 Å². The maximum Gasteiger partial charge on any atom is 0.0949 e. The van der Waals surface area contributed by atoms with Crippen molar-refractivity contribution in [2.75, 3.05) is 32.8 Å². The first-order chi connectivity index (χ1) is 12.5. The van der Waals surface area contributed by atoms with E-state index < -0.39 is 5.60 Å². The van der Waals surface area contributed by atoms with Gasteiger partial charge in [0.2, 0.25) is 0 Å².